The van der Waals surface area contributed by atoms with Crippen LogP contribution in [0, 0.1) is 0 Å². The maximum atomic E-state index is 11.5. The third-order valence-electron chi connectivity index (χ3n) is 5.88. The van der Waals surface area contributed by atoms with E-state index in [2.05, 4.69) is 56.9 Å². The Morgan fingerprint density at radius 3 is 2.09 bits per heavy atom. The van der Waals surface area contributed by atoms with Crippen molar-refractivity contribution in [1.29, 1.82) is 0 Å². The van der Waals surface area contributed by atoms with Crippen LogP contribution in [0.2, 0.25) is 0 Å². The average Bonchev–Trinajstić information content (AvgIpc) is 2.77. The average molecular weight is 432 g/mol. The number of aromatic hydroxyl groups is 1. The Kier molecular flexibility index (Phi) is 7.24. The molecule has 0 amide bonds. The molecular formula is C28H33NO3. The molecule has 0 heterocycles. The molecule has 0 radical (unpaired) electrons. The summed E-state index contributed by atoms with van der Waals surface area (Å²) in [5.41, 5.74) is 4.56. The van der Waals surface area contributed by atoms with E-state index in [4.69, 9.17) is 5.11 Å². The summed E-state index contributed by atoms with van der Waals surface area (Å²) in [6, 6.07) is 24.4. The van der Waals surface area contributed by atoms with Gasteiger partial charge in [-0.3, -0.25) is 4.79 Å². The van der Waals surface area contributed by atoms with Gasteiger partial charge in [0.05, 0.1) is 11.7 Å². The number of nitrogens with zero attached hydrogens (tertiary/aromatic N) is 1. The van der Waals surface area contributed by atoms with Crippen LogP contribution < -0.4 is 4.90 Å². The lowest BCUT2D eigenvalue weighted by molar-refractivity contribution is -0.136. The molecule has 0 saturated heterocycles. The van der Waals surface area contributed by atoms with Crippen LogP contribution in [-0.4, -0.2) is 16.2 Å². The highest BCUT2D eigenvalue weighted by atomic mass is 16.4. The molecule has 0 aliphatic rings. The van der Waals surface area contributed by atoms with E-state index >= 15 is 0 Å². The van der Waals surface area contributed by atoms with Crippen LogP contribution in [0.1, 0.15) is 62.4 Å². The highest BCUT2D eigenvalue weighted by Gasteiger charge is 2.29. The molecule has 0 aromatic heterocycles. The number of phenols is 1. The van der Waals surface area contributed by atoms with E-state index in [0.29, 0.717) is 12.1 Å². The highest BCUT2D eigenvalue weighted by Crippen LogP contribution is 2.44. The Morgan fingerprint density at radius 1 is 0.938 bits per heavy atom. The number of benzene rings is 3. The van der Waals surface area contributed by atoms with Gasteiger partial charge in [-0.15, -0.1) is 0 Å². The van der Waals surface area contributed by atoms with E-state index in [1.807, 2.05) is 48.5 Å². The fourth-order valence-electron chi connectivity index (χ4n) is 4.06. The van der Waals surface area contributed by atoms with Crippen molar-refractivity contribution < 1.29 is 15.0 Å². The normalized spacial score (nSPS) is 12.4. The zero-order valence-electron chi connectivity index (χ0n) is 19.4. The molecule has 32 heavy (non-hydrogen) atoms. The van der Waals surface area contributed by atoms with Gasteiger partial charge in [-0.1, -0.05) is 93.6 Å². The zero-order valence-corrected chi connectivity index (χ0v) is 19.4. The number of aliphatic carboxylic acids is 1. The van der Waals surface area contributed by atoms with E-state index in [-0.39, 0.29) is 30.0 Å². The van der Waals surface area contributed by atoms with Crippen LogP contribution in [0.4, 0.5) is 5.69 Å². The quantitative estimate of drug-likeness (QED) is 0.429. The molecule has 0 spiro atoms. The molecule has 0 bridgehead atoms. The lowest BCUT2D eigenvalue weighted by Gasteiger charge is -2.37. The molecule has 0 fully saturated rings. The Bertz CT molecular complexity index is 1040. The van der Waals surface area contributed by atoms with Gasteiger partial charge in [-0.05, 0) is 41.0 Å². The largest absolute Gasteiger partial charge is 0.505 e. The standard InChI is InChI=1S/C28H33NO3/c1-20(22-13-9-6-10-14-22)29(19-21-11-7-5-8-12-21)26-24(28(2,3)4)17-15-23(27(26)32)16-18-25(30)31/h5-15,17,20,32H,16,18-19H2,1-4H3,(H,30,31). The SMILES string of the molecule is CC(c1ccccc1)N(Cc1ccccc1)c1c(C(C)(C)C)ccc(CCC(=O)O)c1O. The molecule has 3 aromatic rings. The number of phenolic OH excluding ortho intramolecular Hbond substituents is 1. The van der Waals surface area contributed by atoms with Gasteiger partial charge in [0, 0.05) is 13.0 Å². The minimum Gasteiger partial charge on any atom is -0.505 e. The van der Waals surface area contributed by atoms with E-state index in [1.54, 1.807) is 0 Å². The van der Waals surface area contributed by atoms with Crippen molar-refractivity contribution in [3.63, 3.8) is 0 Å². The van der Waals surface area contributed by atoms with Gasteiger partial charge in [-0.25, -0.2) is 0 Å². The zero-order chi connectivity index (χ0) is 23.3. The van der Waals surface area contributed by atoms with Gasteiger partial charge in [-0.2, -0.15) is 0 Å². The third kappa shape index (κ3) is 5.50. The molecule has 0 saturated carbocycles. The molecule has 168 valence electrons. The Morgan fingerprint density at radius 2 is 1.53 bits per heavy atom. The van der Waals surface area contributed by atoms with Crippen molar-refractivity contribution in [2.24, 2.45) is 0 Å². The number of anilines is 1. The Balaban J connectivity index is 2.18. The van der Waals surface area contributed by atoms with Gasteiger partial charge in [0.25, 0.3) is 0 Å². The lowest BCUT2D eigenvalue weighted by atomic mass is 9.83. The number of rotatable bonds is 8. The second-order valence-corrected chi connectivity index (χ2v) is 9.31. The van der Waals surface area contributed by atoms with Crippen molar-refractivity contribution in [3.05, 3.63) is 95.1 Å². The molecular weight excluding hydrogens is 398 g/mol. The Labute approximate surface area is 191 Å². The van der Waals surface area contributed by atoms with Crippen LogP contribution in [-0.2, 0) is 23.2 Å². The molecule has 3 aromatic carbocycles. The first-order chi connectivity index (χ1) is 15.2. The summed E-state index contributed by atoms with van der Waals surface area (Å²) in [6.07, 6.45) is 0.270. The summed E-state index contributed by atoms with van der Waals surface area (Å²) in [5, 5.41) is 20.6. The summed E-state index contributed by atoms with van der Waals surface area (Å²) in [5.74, 6) is -0.693. The molecule has 0 aliphatic carbocycles. The van der Waals surface area contributed by atoms with Crippen molar-refractivity contribution in [2.75, 3.05) is 4.90 Å². The summed E-state index contributed by atoms with van der Waals surface area (Å²) < 4.78 is 0. The number of carbonyl (C=O) groups is 1. The van der Waals surface area contributed by atoms with E-state index < -0.39 is 5.97 Å². The second kappa shape index (κ2) is 9.90. The molecule has 4 nitrogen and oxygen atoms in total. The minimum atomic E-state index is -0.871. The number of hydrogen-bond donors (Lipinski definition) is 2. The summed E-state index contributed by atoms with van der Waals surface area (Å²) in [7, 11) is 0. The van der Waals surface area contributed by atoms with Crippen molar-refractivity contribution >= 4 is 11.7 Å². The van der Waals surface area contributed by atoms with E-state index in [1.165, 1.54) is 0 Å². The number of carboxylic acid groups (broad SMARTS) is 1. The van der Waals surface area contributed by atoms with Crippen molar-refractivity contribution in [2.45, 2.75) is 58.5 Å². The van der Waals surface area contributed by atoms with Crippen LogP contribution in [0.25, 0.3) is 0 Å². The van der Waals surface area contributed by atoms with E-state index in [9.17, 15) is 9.90 Å². The molecule has 0 aliphatic heterocycles. The third-order valence-corrected chi connectivity index (χ3v) is 5.88. The molecule has 4 heteroatoms. The van der Waals surface area contributed by atoms with Gasteiger partial charge in [0.1, 0.15) is 5.75 Å². The predicted octanol–water partition coefficient (Wildman–Crippen LogP) is 6.47. The van der Waals surface area contributed by atoms with Gasteiger partial charge in [0.15, 0.2) is 0 Å². The minimum absolute atomic E-state index is 0.00173. The van der Waals surface area contributed by atoms with Crippen molar-refractivity contribution in [1.82, 2.24) is 0 Å². The van der Waals surface area contributed by atoms with Crippen LogP contribution in [0.5, 0.6) is 5.75 Å². The predicted molar refractivity (Wildman–Crippen MR) is 130 cm³/mol. The lowest BCUT2D eigenvalue weighted by Crippen LogP contribution is -2.29. The number of carboxylic acids is 1. The summed E-state index contributed by atoms with van der Waals surface area (Å²) in [6.45, 7) is 9.17. The first kappa shape index (κ1) is 23.4. The fourth-order valence-corrected chi connectivity index (χ4v) is 4.06. The van der Waals surface area contributed by atoms with Gasteiger partial charge < -0.3 is 15.1 Å². The maximum absolute atomic E-state index is 11.5. The Hall–Kier alpha value is -3.27. The topological polar surface area (TPSA) is 60.8 Å². The highest BCUT2D eigenvalue weighted by molar-refractivity contribution is 5.71. The van der Waals surface area contributed by atoms with Crippen LogP contribution >= 0.6 is 0 Å². The number of hydrogen-bond acceptors (Lipinski definition) is 3. The van der Waals surface area contributed by atoms with Crippen LogP contribution in [0.3, 0.4) is 0 Å². The van der Waals surface area contributed by atoms with Crippen molar-refractivity contribution in [3.8, 4) is 5.75 Å². The first-order valence-electron chi connectivity index (χ1n) is 11.1. The second-order valence-electron chi connectivity index (χ2n) is 9.31. The number of aryl methyl sites for hydroxylation is 1. The monoisotopic (exact) mass is 431 g/mol. The smallest absolute Gasteiger partial charge is 0.303 e. The maximum Gasteiger partial charge on any atom is 0.303 e. The fraction of sp³-hybridized carbons (Fsp3) is 0.321. The van der Waals surface area contributed by atoms with Gasteiger partial charge in [0.2, 0.25) is 0 Å². The molecule has 1 unspecified atom stereocenters. The molecule has 3 rings (SSSR count). The van der Waals surface area contributed by atoms with E-state index in [0.717, 1.165) is 22.4 Å². The molecule has 2 N–H and O–H groups in total. The first-order valence-corrected chi connectivity index (χ1v) is 11.1. The van der Waals surface area contributed by atoms with Gasteiger partial charge >= 0.3 is 5.97 Å². The van der Waals surface area contributed by atoms with Crippen LogP contribution in [0.15, 0.2) is 72.8 Å². The summed E-state index contributed by atoms with van der Waals surface area (Å²) >= 11 is 0. The molecule has 1 atom stereocenters. The summed E-state index contributed by atoms with van der Waals surface area (Å²) in [4.78, 5) is 13.4.